The fraction of sp³-hybridized carbons (Fsp3) is 0.227. The van der Waals surface area contributed by atoms with Crippen LogP contribution in [0.2, 0.25) is 0 Å². The lowest BCUT2D eigenvalue weighted by Gasteiger charge is -2.23. The Morgan fingerprint density at radius 2 is 0.705 bits per heavy atom. The lowest BCUT2D eigenvalue weighted by Crippen LogP contribution is -2.15. The molecular weight excluding hydrogens is 528 g/mol. The van der Waals surface area contributed by atoms with Crippen molar-refractivity contribution in [2.75, 3.05) is 0 Å². The lowest BCUT2D eigenvalue weighted by molar-refractivity contribution is 0.660. The molecule has 2 aliphatic rings. The highest BCUT2D eigenvalue weighted by molar-refractivity contribution is 6.11. The first kappa shape index (κ1) is 27.2. The van der Waals surface area contributed by atoms with E-state index in [1.54, 1.807) is 0 Å². The van der Waals surface area contributed by atoms with Crippen LogP contribution in [0.5, 0.6) is 0 Å². The smallest absolute Gasteiger partial charge is 0.0159 e. The van der Waals surface area contributed by atoms with Crippen LogP contribution in [-0.2, 0) is 10.8 Å². The van der Waals surface area contributed by atoms with Crippen LogP contribution < -0.4 is 0 Å². The van der Waals surface area contributed by atoms with Gasteiger partial charge in [-0.25, -0.2) is 0 Å². The Hall–Kier alpha value is -4.42. The molecule has 0 bridgehead atoms. The van der Waals surface area contributed by atoms with Crippen LogP contribution in [0.4, 0.5) is 0 Å². The lowest BCUT2D eigenvalue weighted by atomic mass is 9.80. The highest BCUT2D eigenvalue weighted by Crippen LogP contribution is 2.56. The number of hydrogen-bond donors (Lipinski definition) is 0. The van der Waals surface area contributed by atoms with Crippen LogP contribution >= 0.6 is 0 Å². The van der Waals surface area contributed by atoms with Gasteiger partial charge in [0.1, 0.15) is 0 Å². The van der Waals surface area contributed by atoms with Crippen molar-refractivity contribution in [2.24, 2.45) is 0 Å². The first-order valence-electron chi connectivity index (χ1n) is 16.0. The molecule has 0 heterocycles. The van der Waals surface area contributed by atoms with Gasteiger partial charge < -0.3 is 0 Å². The van der Waals surface area contributed by atoms with E-state index < -0.39 is 0 Å². The average molecular weight is 569 g/mol. The zero-order valence-corrected chi connectivity index (χ0v) is 27.2. The van der Waals surface area contributed by atoms with Gasteiger partial charge in [0, 0.05) is 10.8 Å². The third kappa shape index (κ3) is 3.76. The van der Waals surface area contributed by atoms with Crippen LogP contribution in [0.3, 0.4) is 0 Å². The molecule has 6 aromatic carbocycles. The number of hydrogen-bond acceptors (Lipinski definition) is 0. The van der Waals surface area contributed by atoms with Gasteiger partial charge in [-0.2, -0.15) is 0 Å². The van der Waals surface area contributed by atoms with Gasteiger partial charge in [0.2, 0.25) is 0 Å². The van der Waals surface area contributed by atoms with E-state index >= 15 is 0 Å². The Balaban J connectivity index is 1.32. The van der Waals surface area contributed by atoms with E-state index in [4.69, 9.17) is 0 Å². The largest absolute Gasteiger partial charge is 0.0569 e. The molecular formula is C44H40. The maximum atomic E-state index is 2.45. The minimum Gasteiger partial charge on any atom is -0.0569 e. The van der Waals surface area contributed by atoms with Crippen molar-refractivity contribution >= 4 is 10.8 Å². The number of aryl methyl sites for hydroxylation is 4. The van der Waals surface area contributed by atoms with Crippen molar-refractivity contribution in [2.45, 2.75) is 66.2 Å². The summed E-state index contributed by atoms with van der Waals surface area (Å²) in [5, 5.41) is 2.74. The van der Waals surface area contributed by atoms with E-state index in [9.17, 15) is 0 Å². The van der Waals surface area contributed by atoms with E-state index in [1.165, 1.54) is 99.8 Å². The van der Waals surface area contributed by atoms with Gasteiger partial charge in [-0.05, 0) is 117 Å². The molecule has 0 fully saturated rings. The van der Waals surface area contributed by atoms with Gasteiger partial charge in [-0.15, -0.1) is 0 Å². The second-order valence-corrected chi connectivity index (χ2v) is 14.6. The van der Waals surface area contributed by atoms with Crippen molar-refractivity contribution in [3.63, 3.8) is 0 Å². The monoisotopic (exact) mass is 568 g/mol. The second kappa shape index (κ2) is 9.05. The van der Waals surface area contributed by atoms with Crippen molar-refractivity contribution in [3.05, 3.63) is 142 Å². The molecule has 216 valence electrons. The molecule has 0 saturated carbocycles. The van der Waals surface area contributed by atoms with Crippen molar-refractivity contribution in [3.8, 4) is 44.5 Å². The van der Waals surface area contributed by atoms with Crippen molar-refractivity contribution < 1.29 is 0 Å². The highest BCUT2D eigenvalue weighted by Gasteiger charge is 2.40. The summed E-state index contributed by atoms with van der Waals surface area (Å²) in [5.41, 5.74) is 21.6. The van der Waals surface area contributed by atoms with Gasteiger partial charge in [-0.3, -0.25) is 0 Å². The van der Waals surface area contributed by atoms with Crippen LogP contribution in [0.15, 0.2) is 97.1 Å². The second-order valence-electron chi connectivity index (χ2n) is 14.6. The van der Waals surface area contributed by atoms with E-state index in [-0.39, 0.29) is 10.8 Å². The molecule has 0 heteroatoms. The first-order chi connectivity index (χ1) is 20.9. The molecule has 0 unspecified atom stereocenters. The maximum absolute atomic E-state index is 2.45. The van der Waals surface area contributed by atoms with Crippen LogP contribution in [0.1, 0.15) is 72.2 Å². The molecule has 0 spiro atoms. The summed E-state index contributed by atoms with van der Waals surface area (Å²) >= 11 is 0. The van der Waals surface area contributed by atoms with E-state index in [2.05, 4.69) is 152 Å². The third-order valence-electron chi connectivity index (χ3n) is 10.6. The van der Waals surface area contributed by atoms with E-state index in [1.807, 2.05) is 0 Å². The highest BCUT2D eigenvalue weighted by atomic mass is 14.4. The normalized spacial score (nSPS) is 15.2. The molecule has 0 atom stereocenters. The van der Waals surface area contributed by atoms with Crippen molar-refractivity contribution in [1.82, 2.24) is 0 Å². The Bertz CT molecular complexity index is 2000. The van der Waals surface area contributed by atoms with Gasteiger partial charge in [0.05, 0.1) is 0 Å². The van der Waals surface area contributed by atoms with E-state index in [0.717, 1.165) is 0 Å². The molecule has 0 saturated heterocycles. The fourth-order valence-corrected chi connectivity index (χ4v) is 8.52. The quantitative estimate of drug-likeness (QED) is 0.195. The Morgan fingerprint density at radius 3 is 1.07 bits per heavy atom. The van der Waals surface area contributed by atoms with Gasteiger partial charge >= 0.3 is 0 Å². The third-order valence-corrected chi connectivity index (χ3v) is 10.6. The van der Waals surface area contributed by atoms with Crippen LogP contribution in [-0.4, -0.2) is 0 Å². The number of fused-ring (bicyclic) bond motifs is 9. The molecule has 8 rings (SSSR count). The average Bonchev–Trinajstić information content (AvgIpc) is 3.35. The standard InChI is InChI=1S/C44H40/c1-25-17-26(2)20-31(19-25)29-9-11-35-39(23-29)43(5,6)37-15-13-34-33(41(35)37)14-16-38-42(34)36-12-10-30(24-40(36)44(38,7)8)32-21-27(3)18-28(4)22-32/h9-24H,1-8H3. The minimum atomic E-state index is -0.0647. The summed E-state index contributed by atoms with van der Waals surface area (Å²) in [6.45, 7) is 18.4. The predicted molar refractivity (Wildman–Crippen MR) is 189 cm³/mol. The minimum absolute atomic E-state index is 0.0647. The summed E-state index contributed by atoms with van der Waals surface area (Å²) in [4.78, 5) is 0. The Labute approximate surface area is 262 Å². The van der Waals surface area contributed by atoms with Gasteiger partial charge in [0.15, 0.2) is 0 Å². The molecule has 0 radical (unpaired) electrons. The van der Waals surface area contributed by atoms with Gasteiger partial charge in [0.25, 0.3) is 0 Å². The molecule has 0 amide bonds. The zero-order valence-electron chi connectivity index (χ0n) is 27.2. The fourth-order valence-electron chi connectivity index (χ4n) is 8.52. The summed E-state index contributed by atoms with van der Waals surface area (Å²) in [7, 11) is 0. The number of rotatable bonds is 2. The summed E-state index contributed by atoms with van der Waals surface area (Å²) in [5.74, 6) is 0. The SMILES string of the molecule is Cc1cc(C)cc(-c2ccc3c(c2)C(C)(C)c2ccc4c5c(ccc4c2-3)C(C)(C)c2cc(-c3cc(C)cc(C)c3)ccc2-5)c1. The molecule has 0 aromatic heterocycles. The summed E-state index contributed by atoms with van der Waals surface area (Å²) < 4.78 is 0. The Kier molecular flexibility index (Phi) is 5.59. The van der Waals surface area contributed by atoms with Crippen LogP contribution in [0.25, 0.3) is 55.3 Å². The molecule has 0 aliphatic heterocycles. The summed E-state index contributed by atoms with van der Waals surface area (Å²) in [6.07, 6.45) is 0. The molecule has 0 N–H and O–H groups in total. The topological polar surface area (TPSA) is 0 Å². The molecule has 6 aromatic rings. The maximum Gasteiger partial charge on any atom is 0.0159 e. The van der Waals surface area contributed by atoms with E-state index in [0.29, 0.717) is 0 Å². The first-order valence-corrected chi connectivity index (χ1v) is 16.0. The molecule has 0 nitrogen and oxygen atoms in total. The number of benzene rings is 6. The Morgan fingerprint density at radius 1 is 0.341 bits per heavy atom. The van der Waals surface area contributed by atoms with Crippen molar-refractivity contribution in [1.29, 1.82) is 0 Å². The molecule has 44 heavy (non-hydrogen) atoms. The van der Waals surface area contributed by atoms with Gasteiger partial charge in [-0.1, -0.05) is 135 Å². The van der Waals surface area contributed by atoms with Crippen LogP contribution in [0, 0.1) is 27.7 Å². The summed E-state index contributed by atoms with van der Waals surface area (Å²) in [6, 6.07) is 37.8. The molecule has 2 aliphatic carbocycles. The predicted octanol–water partition coefficient (Wildman–Crippen LogP) is 12.0. The zero-order chi connectivity index (χ0) is 30.7.